The summed E-state index contributed by atoms with van der Waals surface area (Å²) in [5, 5.41) is 13.6. The van der Waals surface area contributed by atoms with E-state index in [9.17, 15) is 5.11 Å². The highest BCUT2D eigenvalue weighted by Crippen LogP contribution is 2.38. The van der Waals surface area contributed by atoms with Crippen LogP contribution in [0.4, 0.5) is 5.69 Å². The van der Waals surface area contributed by atoms with E-state index in [1.54, 1.807) is 0 Å². The van der Waals surface area contributed by atoms with E-state index in [0.717, 1.165) is 30.9 Å². The van der Waals surface area contributed by atoms with Gasteiger partial charge in [-0.3, -0.25) is 0 Å². The molecule has 2 N–H and O–H groups in total. The molecule has 3 rings (SSSR count). The van der Waals surface area contributed by atoms with Gasteiger partial charge >= 0.3 is 0 Å². The highest BCUT2D eigenvalue weighted by molar-refractivity contribution is 5.61. The zero-order chi connectivity index (χ0) is 11.0. The predicted molar refractivity (Wildman–Crippen MR) is 65.6 cm³/mol. The Morgan fingerprint density at radius 1 is 1.38 bits per heavy atom. The summed E-state index contributed by atoms with van der Waals surface area (Å²) in [5.41, 5.74) is 3.67. The molecule has 1 aromatic carbocycles. The third kappa shape index (κ3) is 1.94. The molecule has 2 aliphatic rings. The van der Waals surface area contributed by atoms with Crippen molar-refractivity contribution in [3.63, 3.8) is 0 Å². The monoisotopic (exact) mass is 217 g/mol. The summed E-state index contributed by atoms with van der Waals surface area (Å²) >= 11 is 0. The van der Waals surface area contributed by atoms with Crippen LogP contribution in [-0.2, 0) is 6.42 Å². The van der Waals surface area contributed by atoms with Gasteiger partial charge in [0.05, 0.1) is 6.10 Å². The van der Waals surface area contributed by atoms with Crippen LogP contribution in [0.15, 0.2) is 18.2 Å². The minimum absolute atomic E-state index is 0.277. The first kappa shape index (κ1) is 10.2. The second-order valence-electron chi connectivity index (χ2n) is 5.09. The number of rotatable bonds is 4. The van der Waals surface area contributed by atoms with Gasteiger partial charge in [-0.15, -0.1) is 0 Å². The summed E-state index contributed by atoms with van der Waals surface area (Å²) in [7, 11) is 0. The Balaban J connectivity index is 1.74. The second kappa shape index (κ2) is 4.10. The fraction of sp³-hybridized carbons (Fsp3) is 0.571. The summed E-state index contributed by atoms with van der Waals surface area (Å²) < 4.78 is 0. The summed E-state index contributed by atoms with van der Waals surface area (Å²) in [5.74, 6) is 0.902. The van der Waals surface area contributed by atoms with Crippen molar-refractivity contribution in [1.29, 1.82) is 0 Å². The summed E-state index contributed by atoms with van der Waals surface area (Å²) in [4.78, 5) is 0. The molecule has 0 radical (unpaired) electrons. The van der Waals surface area contributed by atoms with E-state index in [2.05, 4.69) is 23.5 Å². The molecule has 0 saturated heterocycles. The molecule has 0 aromatic heterocycles. The first-order valence-electron chi connectivity index (χ1n) is 6.38. The molecule has 1 aliphatic heterocycles. The number of nitrogens with one attached hydrogen (secondary N) is 1. The molecule has 2 heteroatoms. The topological polar surface area (TPSA) is 32.3 Å². The van der Waals surface area contributed by atoms with Crippen LogP contribution in [0.5, 0.6) is 0 Å². The molecule has 0 amide bonds. The fourth-order valence-corrected chi connectivity index (χ4v) is 2.60. The average Bonchev–Trinajstić information content (AvgIpc) is 3.01. The minimum atomic E-state index is -0.277. The molecule has 1 aliphatic carbocycles. The van der Waals surface area contributed by atoms with E-state index in [0.29, 0.717) is 0 Å². The molecule has 1 atom stereocenters. The Morgan fingerprint density at radius 3 is 3.06 bits per heavy atom. The van der Waals surface area contributed by atoms with Gasteiger partial charge in [-0.05, 0) is 30.7 Å². The van der Waals surface area contributed by atoms with Crippen molar-refractivity contribution < 1.29 is 5.11 Å². The summed E-state index contributed by atoms with van der Waals surface area (Å²) in [6, 6.07) is 6.29. The summed E-state index contributed by atoms with van der Waals surface area (Å²) in [6.45, 7) is 1.02. The molecule has 2 nitrogen and oxygen atoms in total. The van der Waals surface area contributed by atoms with E-state index in [-0.39, 0.29) is 6.10 Å². The molecular formula is C14H19NO. The van der Waals surface area contributed by atoms with Gasteiger partial charge in [0.25, 0.3) is 0 Å². The van der Waals surface area contributed by atoms with E-state index < -0.39 is 0 Å². The van der Waals surface area contributed by atoms with Crippen molar-refractivity contribution in [3.8, 4) is 0 Å². The van der Waals surface area contributed by atoms with Gasteiger partial charge < -0.3 is 10.4 Å². The Morgan fingerprint density at radius 2 is 2.25 bits per heavy atom. The van der Waals surface area contributed by atoms with Crippen molar-refractivity contribution in [3.05, 3.63) is 29.3 Å². The minimum Gasteiger partial charge on any atom is -0.388 e. The van der Waals surface area contributed by atoms with E-state index in [4.69, 9.17) is 0 Å². The van der Waals surface area contributed by atoms with Gasteiger partial charge in [0.1, 0.15) is 0 Å². The van der Waals surface area contributed by atoms with E-state index in [1.165, 1.54) is 30.5 Å². The Labute approximate surface area is 96.7 Å². The normalized spacial score (nSPS) is 20.3. The maximum Gasteiger partial charge on any atom is 0.0810 e. The molecule has 16 heavy (non-hydrogen) atoms. The lowest BCUT2D eigenvalue weighted by Gasteiger charge is -2.15. The number of anilines is 1. The van der Waals surface area contributed by atoms with Gasteiger partial charge in [0.15, 0.2) is 0 Å². The first-order valence-corrected chi connectivity index (χ1v) is 6.38. The van der Waals surface area contributed by atoms with Crippen molar-refractivity contribution in [2.45, 2.75) is 38.2 Å². The fourth-order valence-electron chi connectivity index (χ4n) is 2.60. The standard InChI is InChI=1S/C14H19NO/c16-13(7-6-10-4-5-10)12-3-1-2-11-8-9-15-14(11)12/h1-3,10,13,15-16H,4-9H2. The number of benzene rings is 1. The second-order valence-corrected chi connectivity index (χ2v) is 5.09. The number of hydrogen-bond acceptors (Lipinski definition) is 2. The highest BCUT2D eigenvalue weighted by atomic mass is 16.3. The van der Waals surface area contributed by atoms with Crippen LogP contribution in [0, 0.1) is 5.92 Å². The molecule has 0 bridgehead atoms. The zero-order valence-corrected chi connectivity index (χ0v) is 9.58. The van der Waals surface area contributed by atoms with Crippen LogP contribution in [0.25, 0.3) is 0 Å². The van der Waals surface area contributed by atoms with Gasteiger partial charge in [-0.1, -0.05) is 31.0 Å². The average molecular weight is 217 g/mol. The van der Waals surface area contributed by atoms with Gasteiger partial charge in [0.2, 0.25) is 0 Å². The smallest absolute Gasteiger partial charge is 0.0810 e. The lowest BCUT2D eigenvalue weighted by molar-refractivity contribution is 0.163. The molecular weight excluding hydrogens is 198 g/mol. The Hall–Kier alpha value is -1.02. The molecule has 1 aromatic rings. The molecule has 1 unspecified atom stereocenters. The zero-order valence-electron chi connectivity index (χ0n) is 9.58. The van der Waals surface area contributed by atoms with Crippen molar-refractivity contribution in [2.24, 2.45) is 5.92 Å². The summed E-state index contributed by atoms with van der Waals surface area (Å²) in [6.07, 6.45) is 5.67. The molecule has 1 fully saturated rings. The first-order chi connectivity index (χ1) is 7.84. The molecule has 1 saturated carbocycles. The third-order valence-electron chi connectivity index (χ3n) is 3.78. The van der Waals surface area contributed by atoms with Crippen LogP contribution < -0.4 is 5.32 Å². The van der Waals surface area contributed by atoms with Crippen LogP contribution in [-0.4, -0.2) is 11.7 Å². The maximum absolute atomic E-state index is 10.2. The Bertz CT molecular complexity index is 384. The number of para-hydroxylation sites is 1. The van der Waals surface area contributed by atoms with Crippen molar-refractivity contribution in [1.82, 2.24) is 0 Å². The van der Waals surface area contributed by atoms with Gasteiger partial charge in [0, 0.05) is 17.8 Å². The van der Waals surface area contributed by atoms with Crippen molar-refractivity contribution >= 4 is 5.69 Å². The van der Waals surface area contributed by atoms with Crippen LogP contribution >= 0.6 is 0 Å². The largest absolute Gasteiger partial charge is 0.388 e. The Kier molecular flexibility index (Phi) is 2.60. The number of aliphatic hydroxyl groups is 1. The van der Waals surface area contributed by atoms with Crippen LogP contribution in [0.1, 0.15) is 42.9 Å². The predicted octanol–water partition coefficient (Wildman–Crippen LogP) is 2.88. The molecule has 86 valence electrons. The number of hydrogen-bond donors (Lipinski definition) is 2. The maximum atomic E-state index is 10.2. The quantitative estimate of drug-likeness (QED) is 0.812. The molecule has 1 heterocycles. The van der Waals surface area contributed by atoms with E-state index >= 15 is 0 Å². The number of fused-ring (bicyclic) bond motifs is 1. The van der Waals surface area contributed by atoms with Crippen molar-refractivity contribution in [2.75, 3.05) is 11.9 Å². The van der Waals surface area contributed by atoms with Gasteiger partial charge in [-0.25, -0.2) is 0 Å². The third-order valence-corrected chi connectivity index (χ3v) is 3.78. The lowest BCUT2D eigenvalue weighted by Crippen LogP contribution is -2.02. The lowest BCUT2D eigenvalue weighted by atomic mass is 9.99. The number of aliphatic hydroxyl groups excluding tert-OH is 1. The van der Waals surface area contributed by atoms with Crippen LogP contribution in [0.3, 0.4) is 0 Å². The molecule has 0 spiro atoms. The van der Waals surface area contributed by atoms with Gasteiger partial charge in [-0.2, -0.15) is 0 Å². The van der Waals surface area contributed by atoms with E-state index in [1.807, 2.05) is 0 Å². The van der Waals surface area contributed by atoms with Crippen LogP contribution in [0.2, 0.25) is 0 Å². The highest BCUT2D eigenvalue weighted by Gasteiger charge is 2.24. The SMILES string of the molecule is OC(CCC1CC1)c1cccc2c1NCC2.